The molecule has 5 rings (SSSR count). The normalized spacial score (nSPS) is 17.1. The van der Waals surface area contributed by atoms with Crippen LogP contribution in [0.25, 0.3) is 28.5 Å². The largest absolute Gasteiger partial charge is 0.504 e. The van der Waals surface area contributed by atoms with E-state index in [4.69, 9.17) is 9.47 Å². The molecule has 1 atom stereocenters. The second-order valence-electron chi connectivity index (χ2n) is 9.60. The molecular weight excluding hydrogens is 515 g/mol. The van der Waals surface area contributed by atoms with Gasteiger partial charge in [0.05, 0.1) is 18.2 Å². The number of anilines is 1. The third-order valence-electron chi connectivity index (χ3n) is 6.31. The van der Waals surface area contributed by atoms with Crippen LogP contribution in [0.5, 0.6) is 17.2 Å². The molecule has 0 spiro atoms. The molecule has 0 amide bonds. The average molecular weight is 540 g/mol. The van der Waals surface area contributed by atoms with Crippen molar-refractivity contribution in [2.24, 2.45) is 0 Å². The van der Waals surface area contributed by atoms with Crippen LogP contribution in [0.15, 0.2) is 41.8 Å². The number of aromatic hydroxyl groups is 1. The number of hydrogen-bond donors (Lipinski definition) is 3. The Bertz CT molecular complexity index is 1570. The Labute approximate surface area is 221 Å². The van der Waals surface area contributed by atoms with Crippen LogP contribution in [0.2, 0.25) is 0 Å². The highest BCUT2D eigenvalue weighted by Crippen LogP contribution is 2.54. The highest BCUT2D eigenvalue weighted by Gasteiger charge is 2.34. The molecule has 0 saturated heterocycles. The molecule has 2 aliphatic heterocycles. The number of ether oxygens (including phenoxy) is 2. The SMILES string of the molecule is COc1c(O)ccc2c1-c1ccc3c(c1C(=Cc1sccc1C(O)C#CC(F)(F)F)O2)C(C)=CC(C)(C)N3. The number of thiophene rings is 1. The van der Waals surface area contributed by atoms with Crippen molar-refractivity contribution in [1.29, 1.82) is 0 Å². The maximum absolute atomic E-state index is 12.6. The van der Waals surface area contributed by atoms with Gasteiger partial charge < -0.3 is 25.0 Å². The fourth-order valence-electron chi connectivity index (χ4n) is 4.97. The molecule has 0 aliphatic carbocycles. The van der Waals surface area contributed by atoms with Gasteiger partial charge in [0.2, 0.25) is 0 Å². The molecule has 2 aromatic carbocycles. The Morgan fingerprint density at radius 3 is 2.61 bits per heavy atom. The monoisotopic (exact) mass is 539 g/mol. The molecule has 5 nitrogen and oxygen atoms in total. The summed E-state index contributed by atoms with van der Waals surface area (Å²) in [7, 11) is 1.47. The van der Waals surface area contributed by atoms with Gasteiger partial charge in [-0.3, -0.25) is 0 Å². The molecule has 196 valence electrons. The third kappa shape index (κ3) is 4.62. The summed E-state index contributed by atoms with van der Waals surface area (Å²) in [6.07, 6.45) is -2.53. The molecule has 0 fully saturated rings. The number of benzene rings is 2. The molecular formula is C29H24F3NO4S. The number of fused-ring (bicyclic) bond motifs is 5. The lowest BCUT2D eigenvalue weighted by Gasteiger charge is -2.35. The van der Waals surface area contributed by atoms with E-state index in [-0.39, 0.29) is 22.6 Å². The van der Waals surface area contributed by atoms with Crippen molar-refractivity contribution in [3.05, 3.63) is 63.4 Å². The van der Waals surface area contributed by atoms with Crippen LogP contribution < -0.4 is 14.8 Å². The van der Waals surface area contributed by atoms with Gasteiger partial charge in [0.15, 0.2) is 11.5 Å². The summed E-state index contributed by atoms with van der Waals surface area (Å²) in [4.78, 5) is 0.507. The van der Waals surface area contributed by atoms with Crippen LogP contribution in [0.4, 0.5) is 18.9 Å². The molecule has 3 N–H and O–H groups in total. The minimum Gasteiger partial charge on any atom is -0.504 e. The molecule has 9 heteroatoms. The zero-order valence-electron chi connectivity index (χ0n) is 20.9. The van der Waals surface area contributed by atoms with Crippen molar-refractivity contribution in [2.75, 3.05) is 12.4 Å². The smallest absolute Gasteiger partial charge is 0.457 e. The highest BCUT2D eigenvalue weighted by molar-refractivity contribution is 7.11. The van der Waals surface area contributed by atoms with Gasteiger partial charge in [0.1, 0.15) is 17.6 Å². The Kier molecular flexibility index (Phi) is 6.21. The van der Waals surface area contributed by atoms with Crippen molar-refractivity contribution in [1.82, 2.24) is 0 Å². The number of allylic oxidation sites excluding steroid dienone is 1. The average Bonchev–Trinajstić information content (AvgIpc) is 3.29. The zero-order chi connectivity index (χ0) is 27.4. The van der Waals surface area contributed by atoms with Crippen LogP contribution in [0.3, 0.4) is 0 Å². The molecule has 3 aromatic rings. The number of alkyl halides is 3. The first-order chi connectivity index (χ1) is 17.9. The Hall–Kier alpha value is -3.87. The first kappa shape index (κ1) is 25.8. The molecule has 2 aliphatic rings. The topological polar surface area (TPSA) is 71.0 Å². The molecule has 1 aromatic heterocycles. The first-order valence-corrected chi connectivity index (χ1v) is 12.6. The predicted octanol–water partition coefficient (Wildman–Crippen LogP) is 7.23. The van der Waals surface area contributed by atoms with Gasteiger partial charge in [0, 0.05) is 38.7 Å². The summed E-state index contributed by atoms with van der Waals surface area (Å²) >= 11 is 1.25. The lowest BCUT2D eigenvalue weighted by Crippen LogP contribution is -2.32. The van der Waals surface area contributed by atoms with E-state index < -0.39 is 12.3 Å². The van der Waals surface area contributed by atoms with E-state index >= 15 is 0 Å². The Morgan fingerprint density at radius 1 is 1.13 bits per heavy atom. The number of methoxy groups -OCH3 is 1. The molecule has 38 heavy (non-hydrogen) atoms. The number of aliphatic hydroxyl groups excluding tert-OH is 1. The van der Waals surface area contributed by atoms with E-state index in [1.165, 1.54) is 24.5 Å². The fourth-order valence-corrected chi connectivity index (χ4v) is 5.82. The van der Waals surface area contributed by atoms with Gasteiger partial charge in [-0.1, -0.05) is 18.1 Å². The van der Waals surface area contributed by atoms with Gasteiger partial charge >= 0.3 is 6.18 Å². The van der Waals surface area contributed by atoms with Crippen molar-refractivity contribution in [3.8, 4) is 40.2 Å². The summed E-state index contributed by atoms with van der Waals surface area (Å²) in [6.45, 7) is 6.12. The number of phenols is 1. The van der Waals surface area contributed by atoms with Gasteiger partial charge in [0.25, 0.3) is 0 Å². The first-order valence-electron chi connectivity index (χ1n) is 11.7. The van der Waals surface area contributed by atoms with Gasteiger partial charge in [-0.2, -0.15) is 13.2 Å². The second kappa shape index (κ2) is 9.15. The van der Waals surface area contributed by atoms with Crippen molar-refractivity contribution >= 4 is 34.4 Å². The van der Waals surface area contributed by atoms with E-state index in [1.54, 1.807) is 23.6 Å². The van der Waals surface area contributed by atoms with Crippen LogP contribution in [0.1, 0.15) is 48.4 Å². The number of halogens is 3. The number of hydrogen-bond acceptors (Lipinski definition) is 6. The summed E-state index contributed by atoms with van der Waals surface area (Å²) in [5, 5.41) is 26.1. The maximum Gasteiger partial charge on any atom is 0.457 e. The number of aliphatic hydroxyl groups is 1. The summed E-state index contributed by atoms with van der Waals surface area (Å²) in [5.74, 6) is 4.13. The van der Waals surface area contributed by atoms with Gasteiger partial charge in [-0.05, 0) is 62.1 Å². The van der Waals surface area contributed by atoms with E-state index in [9.17, 15) is 23.4 Å². The van der Waals surface area contributed by atoms with E-state index in [2.05, 4.69) is 25.2 Å². The van der Waals surface area contributed by atoms with Crippen molar-refractivity contribution < 1.29 is 32.9 Å². The van der Waals surface area contributed by atoms with Gasteiger partial charge in [-0.25, -0.2) is 0 Å². The quantitative estimate of drug-likeness (QED) is 0.307. The number of phenolic OH excluding ortho intramolecular Hbond substituents is 1. The van der Waals surface area contributed by atoms with E-state index in [1.807, 2.05) is 25.0 Å². The third-order valence-corrected chi connectivity index (χ3v) is 7.19. The summed E-state index contributed by atoms with van der Waals surface area (Å²) in [6, 6.07) is 8.54. The summed E-state index contributed by atoms with van der Waals surface area (Å²) in [5.41, 5.74) is 4.80. The van der Waals surface area contributed by atoms with Crippen molar-refractivity contribution in [2.45, 2.75) is 38.6 Å². The second-order valence-corrected chi connectivity index (χ2v) is 10.5. The van der Waals surface area contributed by atoms with E-state index in [0.717, 1.165) is 33.9 Å². The lowest BCUT2D eigenvalue weighted by molar-refractivity contribution is -0.0700. The van der Waals surface area contributed by atoms with Crippen LogP contribution in [-0.4, -0.2) is 29.0 Å². The van der Waals surface area contributed by atoms with E-state index in [0.29, 0.717) is 21.9 Å². The van der Waals surface area contributed by atoms with Gasteiger partial charge in [-0.15, -0.1) is 11.3 Å². The summed E-state index contributed by atoms with van der Waals surface area (Å²) < 4.78 is 49.8. The molecule has 1 unspecified atom stereocenters. The highest BCUT2D eigenvalue weighted by atomic mass is 32.1. The van der Waals surface area contributed by atoms with Crippen LogP contribution >= 0.6 is 11.3 Å². The molecule has 0 radical (unpaired) electrons. The minimum absolute atomic E-state index is 0.0376. The minimum atomic E-state index is -4.71. The molecule has 3 heterocycles. The standard InChI is InChI=1S/C29H24F3NO4S/c1-15-14-28(2,3)33-18-6-5-17-25(24(15)18)22(37-21-8-7-20(35)27(36-4)26(17)21)13-23-16(10-12-38-23)19(34)9-11-29(30,31)32/h5-8,10,12-14,19,33-35H,1-4H3. The van der Waals surface area contributed by atoms with Crippen LogP contribution in [0, 0.1) is 11.8 Å². The zero-order valence-corrected chi connectivity index (χ0v) is 21.8. The lowest BCUT2D eigenvalue weighted by atomic mass is 9.83. The molecule has 0 bridgehead atoms. The maximum atomic E-state index is 12.6. The molecule has 0 saturated carbocycles. The van der Waals surface area contributed by atoms with Crippen LogP contribution in [-0.2, 0) is 0 Å². The Morgan fingerprint density at radius 2 is 1.89 bits per heavy atom. The number of nitrogens with one attached hydrogen (secondary N) is 1. The fraction of sp³-hybridized carbons (Fsp3) is 0.241. The predicted molar refractivity (Wildman–Crippen MR) is 143 cm³/mol. The number of rotatable bonds is 3. The van der Waals surface area contributed by atoms with Crippen molar-refractivity contribution in [3.63, 3.8) is 0 Å². The Balaban J connectivity index is 1.74.